The van der Waals surface area contributed by atoms with Crippen LogP contribution in [0.15, 0.2) is 24.3 Å². The smallest absolute Gasteiger partial charge is 0.387 e. The van der Waals surface area contributed by atoms with E-state index in [1.54, 1.807) is 12.1 Å². The number of rotatable bonds is 4. The van der Waals surface area contributed by atoms with Gasteiger partial charge in [0.1, 0.15) is 5.75 Å². The molecule has 1 saturated heterocycles. The Kier molecular flexibility index (Phi) is 6.84. The second-order valence-electron chi connectivity index (χ2n) is 5.55. The fraction of sp³-hybridized carbons (Fsp3) is 0.600. The summed E-state index contributed by atoms with van der Waals surface area (Å²) in [4.78, 5) is 2.41. The molecule has 2 rings (SSSR count). The first-order valence-corrected chi connectivity index (χ1v) is 7.00. The Morgan fingerprint density at radius 3 is 2.14 bits per heavy atom. The van der Waals surface area contributed by atoms with Crippen molar-refractivity contribution in [3.05, 3.63) is 29.8 Å². The Balaban J connectivity index is 0.00000220. The number of hydrogen-bond acceptors (Lipinski definition) is 3. The second kappa shape index (κ2) is 7.92. The van der Waals surface area contributed by atoms with Crippen molar-refractivity contribution in [3.63, 3.8) is 0 Å². The Morgan fingerprint density at radius 1 is 1.14 bits per heavy atom. The lowest BCUT2D eigenvalue weighted by Crippen LogP contribution is -2.54. The Morgan fingerprint density at radius 2 is 1.67 bits per heavy atom. The third-order valence-corrected chi connectivity index (χ3v) is 3.72. The Hall–Kier alpha value is -0.910. The summed E-state index contributed by atoms with van der Waals surface area (Å²) < 4.78 is 28.6. The molecular weight excluding hydrogens is 298 g/mol. The van der Waals surface area contributed by atoms with E-state index in [0.717, 1.165) is 18.7 Å². The predicted molar refractivity (Wildman–Crippen MR) is 82.4 cm³/mol. The molecule has 0 aromatic heterocycles. The van der Waals surface area contributed by atoms with Crippen molar-refractivity contribution in [1.29, 1.82) is 0 Å². The number of hydrogen-bond donors (Lipinski definition) is 1. The normalized spacial score (nSPS) is 24.5. The fourth-order valence-corrected chi connectivity index (χ4v) is 2.82. The minimum atomic E-state index is -2.77. The summed E-state index contributed by atoms with van der Waals surface area (Å²) in [5, 5.41) is 3.50. The molecule has 6 heteroatoms. The summed E-state index contributed by atoms with van der Waals surface area (Å²) in [5.74, 6) is 0.206. The van der Waals surface area contributed by atoms with Gasteiger partial charge in [-0.1, -0.05) is 12.1 Å². The van der Waals surface area contributed by atoms with Crippen LogP contribution < -0.4 is 10.1 Å². The zero-order valence-electron chi connectivity index (χ0n) is 12.6. The van der Waals surface area contributed by atoms with E-state index in [4.69, 9.17) is 0 Å². The van der Waals surface area contributed by atoms with Crippen LogP contribution in [0.2, 0.25) is 0 Å². The van der Waals surface area contributed by atoms with Gasteiger partial charge in [-0.15, -0.1) is 12.4 Å². The molecular formula is C15H23ClF2N2O. The van der Waals surface area contributed by atoms with Crippen LogP contribution in [0.4, 0.5) is 8.78 Å². The van der Waals surface area contributed by atoms with Crippen LogP contribution in [0.25, 0.3) is 0 Å². The first kappa shape index (κ1) is 18.1. The topological polar surface area (TPSA) is 24.5 Å². The highest BCUT2D eigenvalue weighted by Crippen LogP contribution is 2.25. The van der Waals surface area contributed by atoms with Gasteiger partial charge in [0.15, 0.2) is 0 Å². The third-order valence-electron chi connectivity index (χ3n) is 3.72. The van der Waals surface area contributed by atoms with Gasteiger partial charge in [0, 0.05) is 31.2 Å². The van der Waals surface area contributed by atoms with E-state index in [9.17, 15) is 8.78 Å². The van der Waals surface area contributed by atoms with E-state index < -0.39 is 6.61 Å². The molecule has 120 valence electrons. The van der Waals surface area contributed by atoms with Crippen LogP contribution >= 0.6 is 12.4 Å². The standard InChI is InChI=1S/C15H22F2N2O.ClH/c1-10-8-19(9-11(2)18-10)12(3)13-4-6-14(7-5-13)20-15(16)17;/h4-7,10-12,15,18H,8-9H2,1-3H3;1H. The summed E-state index contributed by atoms with van der Waals surface area (Å²) in [6.07, 6.45) is 0. The minimum Gasteiger partial charge on any atom is -0.435 e. The molecule has 0 spiro atoms. The van der Waals surface area contributed by atoms with Crippen molar-refractivity contribution in [2.75, 3.05) is 13.1 Å². The van der Waals surface area contributed by atoms with Gasteiger partial charge in [-0.2, -0.15) is 8.78 Å². The second-order valence-corrected chi connectivity index (χ2v) is 5.55. The van der Waals surface area contributed by atoms with Crippen molar-refractivity contribution in [3.8, 4) is 5.75 Å². The Labute approximate surface area is 131 Å². The molecule has 1 fully saturated rings. The van der Waals surface area contributed by atoms with Crippen LogP contribution in [-0.2, 0) is 0 Å². The van der Waals surface area contributed by atoms with Gasteiger partial charge in [-0.25, -0.2) is 0 Å². The number of ether oxygens (including phenoxy) is 1. The van der Waals surface area contributed by atoms with Gasteiger partial charge < -0.3 is 10.1 Å². The first-order chi connectivity index (χ1) is 9.45. The fourth-order valence-electron chi connectivity index (χ4n) is 2.82. The van der Waals surface area contributed by atoms with Crippen molar-refractivity contribution >= 4 is 12.4 Å². The van der Waals surface area contributed by atoms with Crippen LogP contribution in [0.1, 0.15) is 32.4 Å². The molecule has 0 radical (unpaired) electrons. The maximum Gasteiger partial charge on any atom is 0.387 e. The van der Waals surface area contributed by atoms with Gasteiger partial charge in [0.25, 0.3) is 0 Å². The summed E-state index contributed by atoms with van der Waals surface area (Å²) in [5.41, 5.74) is 1.12. The van der Waals surface area contributed by atoms with Crippen LogP contribution in [0.3, 0.4) is 0 Å². The van der Waals surface area contributed by atoms with Crippen LogP contribution in [-0.4, -0.2) is 36.7 Å². The van der Waals surface area contributed by atoms with Gasteiger partial charge in [0.2, 0.25) is 0 Å². The lowest BCUT2D eigenvalue weighted by Gasteiger charge is -2.39. The number of benzene rings is 1. The molecule has 1 aromatic rings. The van der Waals surface area contributed by atoms with E-state index in [1.807, 2.05) is 12.1 Å². The maximum atomic E-state index is 12.1. The summed E-state index contributed by atoms with van der Waals surface area (Å²) >= 11 is 0. The highest BCUT2D eigenvalue weighted by molar-refractivity contribution is 5.85. The SMILES string of the molecule is CC1CN(C(C)c2ccc(OC(F)F)cc2)CC(C)N1.Cl. The van der Waals surface area contributed by atoms with Crippen molar-refractivity contribution < 1.29 is 13.5 Å². The highest BCUT2D eigenvalue weighted by atomic mass is 35.5. The summed E-state index contributed by atoms with van der Waals surface area (Å²) in [7, 11) is 0. The molecule has 1 heterocycles. The van der Waals surface area contributed by atoms with Gasteiger partial charge in [-0.05, 0) is 38.5 Å². The van der Waals surface area contributed by atoms with Crippen molar-refractivity contribution in [1.82, 2.24) is 10.2 Å². The van der Waals surface area contributed by atoms with E-state index >= 15 is 0 Å². The maximum absolute atomic E-state index is 12.1. The van der Waals surface area contributed by atoms with E-state index in [-0.39, 0.29) is 24.2 Å². The molecule has 3 atom stereocenters. The molecule has 0 aliphatic carbocycles. The van der Waals surface area contributed by atoms with E-state index in [1.165, 1.54) is 0 Å². The minimum absolute atomic E-state index is 0. The lowest BCUT2D eigenvalue weighted by atomic mass is 10.0. The average Bonchev–Trinajstić information content (AvgIpc) is 2.37. The molecule has 3 unspecified atom stereocenters. The molecule has 3 nitrogen and oxygen atoms in total. The summed E-state index contributed by atoms with van der Waals surface area (Å²) in [6, 6.07) is 8.12. The van der Waals surface area contributed by atoms with Crippen molar-refractivity contribution in [2.45, 2.75) is 45.5 Å². The van der Waals surface area contributed by atoms with Gasteiger partial charge >= 0.3 is 6.61 Å². The predicted octanol–water partition coefficient (Wildman–Crippen LogP) is 3.45. The molecule has 1 aliphatic heterocycles. The third kappa shape index (κ3) is 5.09. The van der Waals surface area contributed by atoms with Gasteiger partial charge in [0.05, 0.1) is 0 Å². The molecule has 21 heavy (non-hydrogen) atoms. The van der Waals surface area contributed by atoms with Gasteiger partial charge in [-0.3, -0.25) is 4.90 Å². The lowest BCUT2D eigenvalue weighted by molar-refractivity contribution is -0.0498. The van der Waals surface area contributed by atoms with E-state index in [0.29, 0.717) is 12.1 Å². The van der Waals surface area contributed by atoms with Crippen LogP contribution in [0, 0.1) is 0 Å². The zero-order chi connectivity index (χ0) is 14.7. The molecule has 1 aromatic carbocycles. The quantitative estimate of drug-likeness (QED) is 0.919. The van der Waals surface area contributed by atoms with E-state index in [2.05, 4.69) is 35.7 Å². The number of halogens is 3. The van der Waals surface area contributed by atoms with Crippen molar-refractivity contribution in [2.24, 2.45) is 0 Å². The molecule has 0 amide bonds. The number of alkyl halides is 2. The zero-order valence-corrected chi connectivity index (χ0v) is 13.4. The molecule has 1 aliphatic rings. The average molecular weight is 321 g/mol. The molecule has 1 N–H and O–H groups in total. The van der Waals surface area contributed by atoms with Crippen LogP contribution in [0.5, 0.6) is 5.75 Å². The number of piperazine rings is 1. The number of nitrogens with zero attached hydrogens (tertiary/aromatic N) is 1. The number of nitrogens with one attached hydrogen (secondary N) is 1. The highest BCUT2D eigenvalue weighted by Gasteiger charge is 2.25. The monoisotopic (exact) mass is 320 g/mol. The molecule has 0 saturated carbocycles. The Bertz CT molecular complexity index is 420. The molecule has 0 bridgehead atoms. The first-order valence-electron chi connectivity index (χ1n) is 7.00. The largest absolute Gasteiger partial charge is 0.435 e. The summed E-state index contributed by atoms with van der Waals surface area (Å²) in [6.45, 7) is 5.70.